The Morgan fingerprint density at radius 1 is 1.31 bits per heavy atom. The van der Waals surface area contributed by atoms with E-state index in [2.05, 4.69) is 15.5 Å². The molecule has 2 rings (SSSR count). The average Bonchev–Trinajstić information content (AvgIpc) is 2.91. The number of rotatable bonds is 7. The first-order valence-corrected chi connectivity index (χ1v) is 8.66. The van der Waals surface area contributed by atoms with Crippen LogP contribution in [-0.4, -0.2) is 38.5 Å². The zero-order chi connectivity index (χ0) is 19.3. The van der Waals surface area contributed by atoms with Crippen molar-refractivity contribution in [2.24, 2.45) is 7.05 Å². The molecule has 0 saturated carbocycles. The third kappa shape index (κ3) is 5.01. The Hall–Kier alpha value is -2.49. The van der Waals surface area contributed by atoms with Gasteiger partial charge in [0.15, 0.2) is 16.8 Å². The molecular formula is C16H18F2N4O3S. The van der Waals surface area contributed by atoms with Gasteiger partial charge < -0.3 is 14.6 Å². The van der Waals surface area contributed by atoms with Gasteiger partial charge in [0, 0.05) is 18.8 Å². The van der Waals surface area contributed by atoms with Crippen molar-refractivity contribution in [3.63, 3.8) is 0 Å². The molecule has 1 amide bonds. The monoisotopic (exact) mass is 384 g/mol. The van der Waals surface area contributed by atoms with E-state index in [-0.39, 0.29) is 18.7 Å². The SMILES string of the molecule is CCOC(=O)Cc1nnc(S[C@H](C)C(=O)Nc2ccc(F)c(F)c2)n1C. The molecular weight excluding hydrogens is 366 g/mol. The second kappa shape index (κ2) is 8.75. The van der Waals surface area contributed by atoms with Crippen LogP contribution in [0.1, 0.15) is 19.7 Å². The molecule has 0 fully saturated rings. The van der Waals surface area contributed by atoms with Crippen molar-refractivity contribution in [2.75, 3.05) is 11.9 Å². The Kier molecular flexibility index (Phi) is 6.67. The summed E-state index contributed by atoms with van der Waals surface area (Å²) in [5, 5.41) is 10.3. The van der Waals surface area contributed by atoms with Crippen molar-refractivity contribution in [3.05, 3.63) is 35.7 Å². The van der Waals surface area contributed by atoms with Gasteiger partial charge in [-0.3, -0.25) is 9.59 Å². The maximum atomic E-state index is 13.2. The van der Waals surface area contributed by atoms with Crippen LogP contribution in [0, 0.1) is 11.6 Å². The highest BCUT2D eigenvalue weighted by molar-refractivity contribution is 8.00. The number of nitrogens with one attached hydrogen (secondary N) is 1. The molecule has 1 atom stereocenters. The fourth-order valence-corrected chi connectivity index (χ4v) is 2.81. The van der Waals surface area contributed by atoms with E-state index in [0.717, 1.165) is 23.9 Å². The summed E-state index contributed by atoms with van der Waals surface area (Å²) < 4.78 is 32.6. The van der Waals surface area contributed by atoms with Gasteiger partial charge in [0.05, 0.1) is 11.9 Å². The lowest BCUT2D eigenvalue weighted by molar-refractivity contribution is -0.142. The second-order valence-corrected chi connectivity index (χ2v) is 6.63. The van der Waals surface area contributed by atoms with Crippen LogP contribution in [0.2, 0.25) is 0 Å². The first-order chi connectivity index (χ1) is 12.3. The molecule has 0 aliphatic rings. The van der Waals surface area contributed by atoms with Crippen molar-refractivity contribution in [3.8, 4) is 0 Å². The third-order valence-electron chi connectivity index (χ3n) is 3.37. The molecule has 1 aromatic carbocycles. The third-order valence-corrected chi connectivity index (χ3v) is 4.51. The fourth-order valence-electron chi connectivity index (χ4n) is 1.97. The zero-order valence-corrected chi connectivity index (χ0v) is 15.3. The van der Waals surface area contributed by atoms with Crippen LogP contribution in [0.4, 0.5) is 14.5 Å². The first-order valence-electron chi connectivity index (χ1n) is 7.78. The highest BCUT2D eigenvalue weighted by atomic mass is 32.2. The molecule has 0 bridgehead atoms. The van der Waals surface area contributed by atoms with Gasteiger partial charge in [-0.05, 0) is 26.0 Å². The number of hydrogen-bond donors (Lipinski definition) is 1. The predicted octanol–water partition coefficient (Wildman–Crippen LogP) is 2.32. The largest absolute Gasteiger partial charge is 0.466 e. The minimum atomic E-state index is -1.04. The highest BCUT2D eigenvalue weighted by Crippen LogP contribution is 2.23. The Balaban J connectivity index is 1.99. The topological polar surface area (TPSA) is 86.1 Å². The summed E-state index contributed by atoms with van der Waals surface area (Å²) in [7, 11) is 1.68. The van der Waals surface area contributed by atoms with Crippen molar-refractivity contribution in [2.45, 2.75) is 30.7 Å². The van der Waals surface area contributed by atoms with Crippen LogP contribution in [0.15, 0.2) is 23.4 Å². The summed E-state index contributed by atoms with van der Waals surface area (Å²) in [5.74, 6) is -2.43. The fraction of sp³-hybridized carbons (Fsp3) is 0.375. The lowest BCUT2D eigenvalue weighted by Gasteiger charge is -2.12. The number of carbonyl (C=O) groups is 2. The molecule has 140 valence electrons. The Bertz CT molecular complexity index is 813. The number of nitrogens with zero attached hydrogens (tertiary/aromatic N) is 3. The Labute approximate surface area is 153 Å². The summed E-state index contributed by atoms with van der Waals surface area (Å²) in [6.45, 7) is 3.63. The molecule has 1 N–H and O–H groups in total. The van der Waals surface area contributed by atoms with E-state index in [9.17, 15) is 18.4 Å². The van der Waals surface area contributed by atoms with Crippen molar-refractivity contribution in [1.82, 2.24) is 14.8 Å². The number of aromatic nitrogens is 3. The van der Waals surface area contributed by atoms with Crippen LogP contribution >= 0.6 is 11.8 Å². The van der Waals surface area contributed by atoms with E-state index < -0.39 is 28.8 Å². The number of anilines is 1. The summed E-state index contributed by atoms with van der Waals surface area (Å²) >= 11 is 1.12. The molecule has 1 aromatic heterocycles. The van der Waals surface area contributed by atoms with Crippen LogP contribution < -0.4 is 5.32 Å². The van der Waals surface area contributed by atoms with Gasteiger partial charge in [-0.2, -0.15) is 0 Å². The second-order valence-electron chi connectivity index (χ2n) is 5.32. The van der Waals surface area contributed by atoms with E-state index in [1.165, 1.54) is 6.07 Å². The normalized spacial score (nSPS) is 11.9. The summed E-state index contributed by atoms with van der Waals surface area (Å²) in [4.78, 5) is 23.7. The molecule has 26 heavy (non-hydrogen) atoms. The van der Waals surface area contributed by atoms with E-state index in [0.29, 0.717) is 11.0 Å². The molecule has 1 heterocycles. The first kappa shape index (κ1) is 19.8. The van der Waals surface area contributed by atoms with Gasteiger partial charge in [0.25, 0.3) is 0 Å². The van der Waals surface area contributed by atoms with Gasteiger partial charge in [0.1, 0.15) is 12.2 Å². The van der Waals surface area contributed by atoms with Gasteiger partial charge in [-0.25, -0.2) is 8.78 Å². The number of ether oxygens (including phenoxy) is 1. The lowest BCUT2D eigenvalue weighted by Crippen LogP contribution is -2.23. The number of esters is 1. The van der Waals surface area contributed by atoms with Crippen LogP contribution in [-0.2, 0) is 27.8 Å². The van der Waals surface area contributed by atoms with E-state index in [4.69, 9.17) is 4.74 Å². The van der Waals surface area contributed by atoms with Gasteiger partial charge in [-0.15, -0.1) is 10.2 Å². The van der Waals surface area contributed by atoms with Crippen molar-refractivity contribution in [1.29, 1.82) is 0 Å². The van der Waals surface area contributed by atoms with Crippen LogP contribution in [0.3, 0.4) is 0 Å². The van der Waals surface area contributed by atoms with Crippen molar-refractivity contribution >= 4 is 29.3 Å². The predicted molar refractivity (Wildman–Crippen MR) is 91.6 cm³/mol. The minimum Gasteiger partial charge on any atom is -0.466 e. The van der Waals surface area contributed by atoms with Crippen LogP contribution in [0.5, 0.6) is 0 Å². The molecule has 0 aliphatic carbocycles. The summed E-state index contributed by atoms with van der Waals surface area (Å²) in [6.07, 6.45) is -0.0205. The van der Waals surface area contributed by atoms with E-state index in [1.807, 2.05) is 0 Å². The molecule has 0 saturated heterocycles. The number of halogens is 2. The average molecular weight is 384 g/mol. The Morgan fingerprint density at radius 2 is 2.04 bits per heavy atom. The number of carbonyl (C=O) groups excluding carboxylic acids is 2. The molecule has 2 aromatic rings. The molecule has 0 spiro atoms. The van der Waals surface area contributed by atoms with Crippen LogP contribution in [0.25, 0.3) is 0 Å². The van der Waals surface area contributed by atoms with Gasteiger partial charge in [-0.1, -0.05) is 11.8 Å². The molecule has 0 aliphatic heterocycles. The lowest BCUT2D eigenvalue weighted by atomic mass is 10.3. The maximum Gasteiger partial charge on any atom is 0.313 e. The number of benzene rings is 1. The van der Waals surface area contributed by atoms with Gasteiger partial charge >= 0.3 is 5.97 Å². The zero-order valence-electron chi connectivity index (χ0n) is 14.5. The molecule has 0 radical (unpaired) electrons. The van der Waals surface area contributed by atoms with E-state index in [1.54, 1.807) is 25.5 Å². The number of thioether (sulfide) groups is 1. The van der Waals surface area contributed by atoms with E-state index >= 15 is 0 Å². The molecule has 10 heteroatoms. The minimum absolute atomic E-state index is 0.0205. The smallest absolute Gasteiger partial charge is 0.313 e. The standard InChI is InChI=1S/C16H18F2N4O3S/c1-4-25-14(23)8-13-20-21-16(22(13)3)26-9(2)15(24)19-10-5-6-11(17)12(18)7-10/h5-7,9H,4,8H2,1-3H3,(H,19,24)/t9-/m1/s1. The summed E-state index contributed by atoms with van der Waals surface area (Å²) in [6, 6.07) is 3.12. The summed E-state index contributed by atoms with van der Waals surface area (Å²) in [5.41, 5.74) is 0.155. The highest BCUT2D eigenvalue weighted by Gasteiger charge is 2.20. The van der Waals surface area contributed by atoms with Crippen molar-refractivity contribution < 1.29 is 23.1 Å². The maximum absolute atomic E-state index is 13.2. The molecule has 7 nitrogen and oxygen atoms in total. The molecule has 0 unspecified atom stereocenters. The Morgan fingerprint density at radius 3 is 2.69 bits per heavy atom. The number of hydrogen-bond acceptors (Lipinski definition) is 6. The quantitative estimate of drug-likeness (QED) is 0.582. The van der Waals surface area contributed by atoms with Gasteiger partial charge in [0.2, 0.25) is 5.91 Å². The number of amides is 1.